The molecule has 0 spiro atoms. The van der Waals surface area contributed by atoms with Gasteiger partial charge in [0, 0.05) is 32.7 Å². The van der Waals surface area contributed by atoms with Crippen LogP contribution in [0.3, 0.4) is 0 Å². The molecule has 4 nitrogen and oxygen atoms in total. The van der Waals surface area contributed by atoms with Gasteiger partial charge >= 0.3 is 0 Å². The Bertz CT molecular complexity index is 361. The average molecular weight is 241 g/mol. The number of nitrogens with two attached hydrogens (primary N) is 2. The summed E-state index contributed by atoms with van der Waals surface area (Å²) in [7, 11) is 0. The fourth-order valence-electron chi connectivity index (χ4n) is 1.86. The minimum Gasteiger partial charge on any atom is -0.397 e. The van der Waals surface area contributed by atoms with Gasteiger partial charge in [-0.2, -0.15) is 0 Å². The molecule has 1 aromatic carbocycles. The first-order valence-electron chi connectivity index (χ1n) is 5.42. The average Bonchev–Trinajstić information content (AvgIpc) is 2.27. The molecule has 5 heteroatoms. The van der Waals surface area contributed by atoms with E-state index in [-0.39, 0.29) is 0 Å². The van der Waals surface area contributed by atoms with E-state index in [1.54, 1.807) is 0 Å². The Balaban J connectivity index is 1.96. The van der Waals surface area contributed by atoms with Crippen LogP contribution in [0.15, 0.2) is 18.2 Å². The number of hydrogen-bond donors (Lipinski definition) is 2. The van der Waals surface area contributed by atoms with Gasteiger partial charge in [-0.05, 0) is 29.5 Å². The third-order valence-electron chi connectivity index (χ3n) is 2.88. The van der Waals surface area contributed by atoms with Crippen LogP contribution in [-0.2, 0) is 6.54 Å². The number of benzene rings is 1. The van der Waals surface area contributed by atoms with Crippen LogP contribution in [0, 0.1) is 0 Å². The van der Waals surface area contributed by atoms with Crippen LogP contribution >= 0.6 is 11.8 Å². The van der Waals surface area contributed by atoms with Crippen molar-refractivity contribution in [2.45, 2.75) is 6.54 Å². The van der Waals surface area contributed by atoms with E-state index in [4.69, 9.17) is 23.2 Å². The number of rotatable bonds is 2. The Kier molecular flexibility index (Phi) is 3.53. The van der Waals surface area contributed by atoms with Gasteiger partial charge in [-0.25, -0.2) is 4.42 Å². The number of hydrogen-bond acceptors (Lipinski definition) is 4. The molecule has 0 bridgehead atoms. The zero-order chi connectivity index (χ0) is 11.5. The molecule has 2 rings (SSSR count). The summed E-state index contributed by atoms with van der Waals surface area (Å²) in [6.07, 6.45) is 0. The van der Waals surface area contributed by atoms with Crippen molar-refractivity contribution < 1.29 is 0 Å². The van der Waals surface area contributed by atoms with Crippen molar-refractivity contribution in [1.29, 1.82) is 0 Å². The smallest absolute Gasteiger partial charge is 0.0551 e. The molecule has 0 aliphatic carbocycles. The van der Waals surface area contributed by atoms with Crippen LogP contribution in [-0.4, -0.2) is 35.5 Å². The largest absolute Gasteiger partial charge is 0.397 e. The highest BCUT2D eigenvalue weighted by molar-refractivity contribution is 6.13. The van der Waals surface area contributed by atoms with E-state index in [2.05, 4.69) is 4.90 Å². The number of anilines is 2. The molecule has 0 radical (unpaired) electrons. The van der Waals surface area contributed by atoms with E-state index in [1.165, 1.54) is 5.56 Å². The van der Waals surface area contributed by atoms with Crippen molar-refractivity contribution in [2.75, 3.05) is 37.6 Å². The van der Waals surface area contributed by atoms with Crippen molar-refractivity contribution in [2.24, 2.45) is 0 Å². The zero-order valence-electron chi connectivity index (χ0n) is 9.19. The Labute approximate surface area is 101 Å². The van der Waals surface area contributed by atoms with E-state index >= 15 is 0 Å². The summed E-state index contributed by atoms with van der Waals surface area (Å²) < 4.78 is 1.83. The minimum absolute atomic E-state index is 0.648. The van der Waals surface area contributed by atoms with Gasteiger partial charge in [-0.1, -0.05) is 6.07 Å². The highest BCUT2D eigenvalue weighted by Crippen LogP contribution is 2.18. The second kappa shape index (κ2) is 4.91. The van der Waals surface area contributed by atoms with E-state index in [9.17, 15) is 0 Å². The Morgan fingerprint density at radius 3 is 2.38 bits per heavy atom. The van der Waals surface area contributed by atoms with Gasteiger partial charge in [0.2, 0.25) is 0 Å². The summed E-state index contributed by atoms with van der Waals surface area (Å²) >= 11 is 5.90. The summed E-state index contributed by atoms with van der Waals surface area (Å²) in [4.78, 5) is 2.36. The number of halogens is 1. The van der Waals surface area contributed by atoms with Crippen molar-refractivity contribution in [3.8, 4) is 0 Å². The van der Waals surface area contributed by atoms with Crippen LogP contribution < -0.4 is 11.5 Å². The van der Waals surface area contributed by atoms with Gasteiger partial charge in [0.25, 0.3) is 0 Å². The predicted molar refractivity (Wildman–Crippen MR) is 68.0 cm³/mol. The molecule has 1 aliphatic heterocycles. The zero-order valence-corrected chi connectivity index (χ0v) is 9.95. The highest BCUT2D eigenvalue weighted by atomic mass is 35.5. The minimum atomic E-state index is 0.648. The highest BCUT2D eigenvalue weighted by Gasteiger charge is 2.15. The van der Waals surface area contributed by atoms with Crippen LogP contribution in [0.4, 0.5) is 11.4 Å². The molecule has 1 saturated heterocycles. The summed E-state index contributed by atoms with van der Waals surface area (Å²) in [6.45, 7) is 4.72. The first-order chi connectivity index (χ1) is 7.65. The molecule has 0 amide bonds. The first kappa shape index (κ1) is 11.5. The topological polar surface area (TPSA) is 58.5 Å². The lowest BCUT2D eigenvalue weighted by molar-refractivity contribution is 0.185. The molecule has 1 aliphatic rings. The molecule has 0 atom stereocenters. The molecule has 4 N–H and O–H groups in total. The van der Waals surface area contributed by atoms with Gasteiger partial charge in [-0.15, -0.1) is 0 Å². The fourth-order valence-corrected chi connectivity index (χ4v) is 2.01. The van der Waals surface area contributed by atoms with E-state index in [1.807, 2.05) is 22.6 Å². The third kappa shape index (κ3) is 2.78. The first-order valence-corrected chi connectivity index (χ1v) is 5.76. The lowest BCUT2D eigenvalue weighted by Gasteiger charge is -2.30. The Morgan fingerprint density at radius 2 is 1.75 bits per heavy atom. The maximum absolute atomic E-state index is 5.90. The number of piperazine rings is 1. The standard InChI is InChI=1S/C11H17ClN4/c12-16-5-3-15(4-6-16)8-9-1-2-10(13)11(14)7-9/h1-2,7H,3-6,8,13-14H2. The third-order valence-corrected chi connectivity index (χ3v) is 3.21. The monoisotopic (exact) mass is 240 g/mol. The molecule has 0 saturated carbocycles. The normalized spacial score (nSPS) is 18.8. The van der Waals surface area contributed by atoms with Gasteiger partial charge in [0.05, 0.1) is 11.4 Å². The fraction of sp³-hybridized carbons (Fsp3) is 0.455. The van der Waals surface area contributed by atoms with Crippen molar-refractivity contribution >= 4 is 23.2 Å². The van der Waals surface area contributed by atoms with Gasteiger partial charge in [0.1, 0.15) is 0 Å². The quantitative estimate of drug-likeness (QED) is 0.601. The molecule has 0 aromatic heterocycles. The molecular formula is C11H17ClN4. The molecule has 1 aromatic rings. The van der Waals surface area contributed by atoms with E-state index in [0.29, 0.717) is 11.4 Å². The van der Waals surface area contributed by atoms with Crippen molar-refractivity contribution in [3.05, 3.63) is 23.8 Å². The van der Waals surface area contributed by atoms with Crippen LogP contribution in [0.5, 0.6) is 0 Å². The van der Waals surface area contributed by atoms with E-state index < -0.39 is 0 Å². The van der Waals surface area contributed by atoms with Crippen molar-refractivity contribution in [3.63, 3.8) is 0 Å². The Morgan fingerprint density at radius 1 is 1.06 bits per heavy atom. The van der Waals surface area contributed by atoms with Gasteiger partial charge < -0.3 is 11.5 Å². The summed E-state index contributed by atoms with van der Waals surface area (Å²) in [6, 6.07) is 5.84. The summed E-state index contributed by atoms with van der Waals surface area (Å²) in [5, 5.41) is 0. The lowest BCUT2D eigenvalue weighted by Crippen LogP contribution is -2.41. The second-order valence-electron chi connectivity index (χ2n) is 4.15. The van der Waals surface area contributed by atoms with Crippen LogP contribution in [0.1, 0.15) is 5.56 Å². The van der Waals surface area contributed by atoms with Crippen LogP contribution in [0.25, 0.3) is 0 Å². The summed E-state index contributed by atoms with van der Waals surface area (Å²) in [5.41, 5.74) is 14.0. The number of nitrogen functional groups attached to an aromatic ring is 2. The lowest BCUT2D eigenvalue weighted by atomic mass is 10.1. The molecule has 16 heavy (non-hydrogen) atoms. The molecule has 0 unspecified atom stereocenters. The van der Waals surface area contributed by atoms with Gasteiger partial charge in [0.15, 0.2) is 0 Å². The van der Waals surface area contributed by atoms with E-state index in [0.717, 1.165) is 32.7 Å². The van der Waals surface area contributed by atoms with Crippen molar-refractivity contribution in [1.82, 2.24) is 9.32 Å². The van der Waals surface area contributed by atoms with Gasteiger partial charge in [-0.3, -0.25) is 4.90 Å². The Hall–Kier alpha value is -0.970. The summed E-state index contributed by atoms with van der Waals surface area (Å²) in [5.74, 6) is 0. The maximum atomic E-state index is 5.90. The molecule has 1 fully saturated rings. The molecule has 1 heterocycles. The number of nitrogens with zero attached hydrogens (tertiary/aromatic N) is 2. The van der Waals surface area contributed by atoms with Crippen LogP contribution in [0.2, 0.25) is 0 Å². The predicted octanol–water partition coefficient (Wildman–Crippen LogP) is 1.12. The maximum Gasteiger partial charge on any atom is 0.0551 e. The molecule has 88 valence electrons. The SMILES string of the molecule is Nc1ccc(CN2CCN(Cl)CC2)cc1N. The second-order valence-corrected chi connectivity index (χ2v) is 4.63. The molecular weight excluding hydrogens is 224 g/mol.